The molecule has 0 amide bonds. The fraction of sp³-hybridized carbons (Fsp3) is 1.00. The van der Waals surface area contributed by atoms with Crippen LogP contribution < -0.4 is 0 Å². The smallest absolute Gasteiger partial charge is 0.328 e. The molecule has 0 aromatic heterocycles. The molecule has 1 unspecified atom stereocenters. The Morgan fingerprint density at radius 3 is 2.31 bits per heavy atom. The lowest BCUT2D eigenvalue weighted by Crippen LogP contribution is -2.31. The lowest BCUT2D eigenvalue weighted by molar-refractivity contribution is -0.149. The van der Waals surface area contributed by atoms with E-state index in [9.17, 15) is 17.6 Å². The maximum atomic E-state index is 12.1. The Morgan fingerprint density at radius 1 is 1.38 bits per heavy atom. The molecule has 0 radical (unpaired) electrons. The molecular weight excluding hydrogens is 215 g/mol. The molecule has 0 fully saturated rings. The standard InChI is InChI=1S/C5H9F4O3P/c1-2-11-13(10)12-3-5(8,9)4(6)7/h4,10H,2-3H2,1H3. The molecule has 0 aliphatic carbocycles. The summed E-state index contributed by atoms with van der Waals surface area (Å²) in [7, 11) is -2.48. The normalized spacial score (nSPS) is 15.0. The highest BCUT2D eigenvalue weighted by Gasteiger charge is 2.41. The van der Waals surface area contributed by atoms with Crippen molar-refractivity contribution >= 4 is 8.60 Å². The molecule has 0 aromatic rings. The van der Waals surface area contributed by atoms with Crippen LogP contribution in [0.4, 0.5) is 17.6 Å². The molecular formula is C5H9F4O3P. The van der Waals surface area contributed by atoms with Gasteiger partial charge in [-0.25, -0.2) is 8.78 Å². The third kappa shape index (κ3) is 5.36. The lowest BCUT2D eigenvalue weighted by atomic mass is 10.4. The van der Waals surface area contributed by atoms with E-state index in [1.165, 1.54) is 6.92 Å². The van der Waals surface area contributed by atoms with Crippen molar-refractivity contribution in [2.75, 3.05) is 13.2 Å². The second-order valence-electron chi connectivity index (χ2n) is 1.99. The van der Waals surface area contributed by atoms with Gasteiger partial charge < -0.3 is 13.9 Å². The van der Waals surface area contributed by atoms with Gasteiger partial charge in [0.1, 0.15) is 6.61 Å². The maximum absolute atomic E-state index is 12.1. The first kappa shape index (κ1) is 13.0. The highest BCUT2D eigenvalue weighted by atomic mass is 31.2. The zero-order chi connectivity index (χ0) is 10.5. The van der Waals surface area contributed by atoms with E-state index in [0.29, 0.717) is 0 Å². The Hall–Kier alpha value is 0.0300. The van der Waals surface area contributed by atoms with Crippen molar-refractivity contribution in [2.24, 2.45) is 0 Å². The number of rotatable bonds is 6. The van der Waals surface area contributed by atoms with E-state index in [-0.39, 0.29) is 6.61 Å². The first-order valence-corrected chi connectivity index (χ1v) is 4.44. The largest absolute Gasteiger partial charge is 0.330 e. The van der Waals surface area contributed by atoms with E-state index in [2.05, 4.69) is 9.05 Å². The SMILES string of the molecule is CCOP(O)OCC(F)(F)C(F)F. The molecule has 1 atom stereocenters. The molecule has 3 nitrogen and oxygen atoms in total. The average molecular weight is 224 g/mol. The summed E-state index contributed by atoms with van der Waals surface area (Å²) < 4.78 is 55.6. The van der Waals surface area contributed by atoms with Crippen molar-refractivity contribution in [3.8, 4) is 0 Å². The summed E-state index contributed by atoms with van der Waals surface area (Å²) in [6, 6.07) is 0. The van der Waals surface area contributed by atoms with Crippen LogP contribution in [0.15, 0.2) is 0 Å². The van der Waals surface area contributed by atoms with Gasteiger partial charge in [0.15, 0.2) is 0 Å². The Kier molecular flexibility index (Phi) is 5.71. The molecule has 0 aromatic carbocycles. The molecule has 0 spiro atoms. The van der Waals surface area contributed by atoms with E-state index in [1.807, 2.05) is 0 Å². The van der Waals surface area contributed by atoms with Gasteiger partial charge in [-0.05, 0) is 6.92 Å². The van der Waals surface area contributed by atoms with Crippen molar-refractivity contribution in [1.29, 1.82) is 0 Å². The Bertz CT molecular complexity index is 146. The fourth-order valence-corrected chi connectivity index (χ4v) is 0.930. The van der Waals surface area contributed by atoms with Crippen molar-refractivity contribution in [3.05, 3.63) is 0 Å². The summed E-state index contributed by atoms with van der Waals surface area (Å²) in [5, 5.41) is 0. The summed E-state index contributed by atoms with van der Waals surface area (Å²) >= 11 is 0. The van der Waals surface area contributed by atoms with Gasteiger partial charge in [-0.3, -0.25) is 0 Å². The predicted octanol–water partition coefficient (Wildman–Crippen LogP) is 2.16. The molecule has 0 saturated heterocycles. The molecule has 0 aliphatic heterocycles. The predicted molar refractivity (Wildman–Crippen MR) is 37.7 cm³/mol. The van der Waals surface area contributed by atoms with E-state index in [4.69, 9.17) is 4.89 Å². The van der Waals surface area contributed by atoms with Gasteiger partial charge in [-0.2, -0.15) is 8.78 Å². The molecule has 0 bridgehead atoms. The topological polar surface area (TPSA) is 38.7 Å². The first-order chi connectivity index (χ1) is 5.90. The number of halogens is 4. The van der Waals surface area contributed by atoms with Gasteiger partial charge in [-0.15, -0.1) is 0 Å². The zero-order valence-corrected chi connectivity index (χ0v) is 7.61. The van der Waals surface area contributed by atoms with Crippen molar-refractivity contribution in [3.63, 3.8) is 0 Å². The Morgan fingerprint density at radius 2 is 1.92 bits per heavy atom. The minimum atomic E-state index is -4.25. The molecule has 0 rings (SSSR count). The summed E-state index contributed by atoms with van der Waals surface area (Å²) in [6.07, 6.45) is -3.81. The van der Waals surface area contributed by atoms with Crippen molar-refractivity contribution < 1.29 is 31.5 Å². The third-order valence-corrected chi connectivity index (χ3v) is 1.76. The van der Waals surface area contributed by atoms with Gasteiger partial charge in [0.2, 0.25) is 0 Å². The summed E-state index contributed by atoms with van der Waals surface area (Å²) in [4.78, 5) is 8.64. The molecule has 0 heterocycles. The molecule has 80 valence electrons. The Balaban J connectivity index is 3.74. The van der Waals surface area contributed by atoms with Crippen molar-refractivity contribution in [2.45, 2.75) is 19.3 Å². The van der Waals surface area contributed by atoms with Gasteiger partial charge in [0.25, 0.3) is 0 Å². The molecule has 8 heteroatoms. The molecule has 13 heavy (non-hydrogen) atoms. The molecule has 1 N–H and O–H groups in total. The van der Waals surface area contributed by atoms with E-state index >= 15 is 0 Å². The minimum absolute atomic E-state index is 0.0580. The quantitative estimate of drug-likeness (QED) is 0.555. The van der Waals surface area contributed by atoms with Gasteiger partial charge in [-0.1, -0.05) is 0 Å². The second-order valence-corrected chi connectivity index (χ2v) is 2.98. The second kappa shape index (κ2) is 5.70. The summed E-state index contributed by atoms with van der Waals surface area (Å²) in [5.74, 6) is -4.25. The van der Waals surface area contributed by atoms with Gasteiger partial charge in [0, 0.05) is 0 Å². The molecule has 0 saturated carbocycles. The van der Waals surface area contributed by atoms with Crippen LogP contribution in [0.1, 0.15) is 6.92 Å². The van der Waals surface area contributed by atoms with E-state index in [1.54, 1.807) is 0 Å². The van der Waals surface area contributed by atoms with Crippen LogP contribution in [0.2, 0.25) is 0 Å². The van der Waals surface area contributed by atoms with Crippen LogP contribution in [0.25, 0.3) is 0 Å². The van der Waals surface area contributed by atoms with Crippen LogP contribution in [-0.2, 0) is 9.05 Å². The molecule has 0 aliphatic rings. The van der Waals surface area contributed by atoms with Crippen LogP contribution in [-0.4, -0.2) is 30.5 Å². The zero-order valence-electron chi connectivity index (χ0n) is 6.71. The van der Waals surface area contributed by atoms with Crippen LogP contribution >= 0.6 is 8.60 Å². The van der Waals surface area contributed by atoms with Crippen LogP contribution in [0, 0.1) is 0 Å². The van der Waals surface area contributed by atoms with Gasteiger partial charge >= 0.3 is 21.0 Å². The monoisotopic (exact) mass is 224 g/mol. The number of hydrogen-bond donors (Lipinski definition) is 1. The summed E-state index contributed by atoms with van der Waals surface area (Å²) in [5.41, 5.74) is 0. The highest BCUT2D eigenvalue weighted by Crippen LogP contribution is 2.35. The van der Waals surface area contributed by atoms with E-state index in [0.717, 1.165) is 0 Å². The lowest BCUT2D eigenvalue weighted by Gasteiger charge is -2.16. The van der Waals surface area contributed by atoms with Gasteiger partial charge in [0.05, 0.1) is 6.61 Å². The minimum Gasteiger partial charge on any atom is -0.328 e. The van der Waals surface area contributed by atoms with Crippen LogP contribution in [0.5, 0.6) is 0 Å². The first-order valence-electron chi connectivity index (χ1n) is 3.31. The van der Waals surface area contributed by atoms with Crippen molar-refractivity contribution in [1.82, 2.24) is 0 Å². The highest BCUT2D eigenvalue weighted by molar-refractivity contribution is 7.40. The number of alkyl halides is 4. The Labute approximate surface area is 73.6 Å². The average Bonchev–Trinajstić information content (AvgIpc) is 2.01. The summed E-state index contributed by atoms with van der Waals surface area (Å²) in [6.45, 7) is 0.00942. The van der Waals surface area contributed by atoms with Crippen LogP contribution in [0.3, 0.4) is 0 Å². The maximum Gasteiger partial charge on any atom is 0.330 e. The van der Waals surface area contributed by atoms with E-state index < -0.39 is 27.6 Å². The fourth-order valence-electron chi connectivity index (χ4n) is 0.352. The third-order valence-electron chi connectivity index (χ3n) is 0.926. The number of hydrogen-bond acceptors (Lipinski definition) is 3.